The van der Waals surface area contributed by atoms with Crippen LogP contribution in [0.4, 0.5) is 8.78 Å². The van der Waals surface area contributed by atoms with E-state index in [0.29, 0.717) is 21.4 Å². The van der Waals surface area contributed by atoms with Gasteiger partial charge >= 0.3 is 0 Å². The first-order chi connectivity index (χ1) is 16.8. The third kappa shape index (κ3) is 4.77. The van der Waals surface area contributed by atoms with Crippen molar-refractivity contribution in [2.24, 2.45) is 0 Å². The maximum atomic E-state index is 13.8. The normalized spacial score (nSPS) is 13.1. The van der Waals surface area contributed by atoms with Crippen LogP contribution in [0.3, 0.4) is 0 Å². The number of halogens is 5. The van der Waals surface area contributed by atoms with Gasteiger partial charge in [0, 0.05) is 17.3 Å². The van der Waals surface area contributed by atoms with E-state index in [-0.39, 0.29) is 15.7 Å². The van der Waals surface area contributed by atoms with Crippen molar-refractivity contribution >= 4 is 44.6 Å². The Balaban J connectivity index is 1.93. The second-order valence-electron chi connectivity index (χ2n) is 8.83. The highest BCUT2D eigenvalue weighted by Crippen LogP contribution is 2.40. The van der Waals surface area contributed by atoms with Crippen molar-refractivity contribution in [3.63, 3.8) is 0 Å². The van der Waals surface area contributed by atoms with E-state index in [1.54, 1.807) is 35.0 Å². The minimum Gasteiger partial charge on any atom is -0.299 e. The van der Waals surface area contributed by atoms with Crippen molar-refractivity contribution in [3.8, 4) is 5.69 Å². The third-order valence-electron chi connectivity index (χ3n) is 6.19. The predicted octanol–water partition coefficient (Wildman–Crippen LogP) is 7.97. The summed E-state index contributed by atoms with van der Waals surface area (Å²) in [4.78, 5) is 4.29. The fraction of sp³-hybridized carbons (Fsp3) is 0.192. The van der Waals surface area contributed by atoms with Gasteiger partial charge in [-0.15, -0.1) is 0 Å². The number of benzene rings is 3. The molecule has 1 aromatic heterocycles. The van der Waals surface area contributed by atoms with Crippen LogP contribution in [-0.2, 0) is 15.3 Å². The summed E-state index contributed by atoms with van der Waals surface area (Å²) in [7, 11) is -4.08. The zero-order chi connectivity index (χ0) is 26.4. The van der Waals surface area contributed by atoms with Crippen molar-refractivity contribution in [3.05, 3.63) is 111 Å². The number of rotatable bonds is 6. The van der Waals surface area contributed by atoms with Gasteiger partial charge in [0.2, 0.25) is 0 Å². The van der Waals surface area contributed by atoms with Gasteiger partial charge in [0.1, 0.15) is 22.7 Å². The van der Waals surface area contributed by atoms with E-state index in [4.69, 9.17) is 34.8 Å². The molecule has 4 nitrogen and oxygen atoms in total. The van der Waals surface area contributed by atoms with Crippen LogP contribution in [0.2, 0.25) is 15.1 Å². The van der Waals surface area contributed by atoms with Crippen molar-refractivity contribution in [1.82, 2.24) is 9.55 Å². The molecule has 0 aliphatic heterocycles. The molecule has 1 unspecified atom stereocenters. The highest BCUT2D eigenvalue weighted by Gasteiger charge is 2.35. The Morgan fingerprint density at radius 2 is 1.50 bits per heavy atom. The maximum Gasteiger partial charge on any atom is 0.189 e. The second-order valence-corrected chi connectivity index (χ2v) is 12.3. The monoisotopic (exact) mass is 568 g/mol. The molecule has 0 spiro atoms. The zero-order valence-electron chi connectivity index (χ0n) is 19.4. The van der Waals surface area contributed by atoms with Gasteiger partial charge in [0.05, 0.1) is 25.7 Å². The molecule has 3 aromatic carbocycles. The molecule has 4 aromatic rings. The molecule has 36 heavy (non-hydrogen) atoms. The fourth-order valence-electron chi connectivity index (χ4n) is 4.02. The molecule has 10 heteroatoms. The van der Waals surface area contributed by atoms with Gasteiger partial charge in [-0.2, -0.15) is 0 Å². The van der Waals surface area contributed by atoms with Gasteiger partial charge in [-0.1, -0.05) is 54.7 Å². The lowest BCUT2D eigenvalue weighted by molar-refractivity contribution is 0.574. The van der Waals surface area contributed by atoms with Crippen LogP contribution in [0, 0.1) is 11.6 Å². The first-order valence-corrected chi connectivity index (χ1v) is 13.5. The minimum absolute atomic E-state index is 0.185. The molecule has 0 N–H and O–H groups in total. The summed E-state index contributed by atoms with van der Waals surface area (Å²) in [5.74, 6) is -0.903. The first kappa shape index (κ1) is 26.6. The molecule has 0 amide bonds. The van der Waals surface area contributed by atoms with Gasteiger partial charge in [-0.05, 0) is 67.1 Å². The fourth-order valence-corrected chi connectivity index (χ4v) is 6.22. The highest BCUT2D eigenvalue weighted by atomic mass is 35.5. The average Bonchev–Trinajstić information content (AvgIpc) is 3.26. The number of hydrogen-bond donors (Lipinski definition) is 0. The summed E-state index contributed by atoms with van der Waals surface area (Å²) in [6, 6.07) is 14.0. The van der Waals surface area contributed by atoms with Crippen LogP contribution in [-0.4, -0.2) is 18.0 Å². The van der Waals surface area contributed by atoms with Crippen LogP contribution in [0.5, 0.6) is 0 Å². The quantitative estimate of drug-likeness (QED) is 0.221. The van der Waals surface area contributed by atoms with Crippen LogP contribution >= 0.6 is 34.8 Å². The smallest absolute Gasteiger partial charge is 0.189 e. The SMILES string of the molecule is CC(c1ncc(C(C)(C)c2ccc(Cl)c(Cl)c2)n1-c1ccc(F)cc1)S(=O)(=O)c1ccc(F)cc1Cl. The Bertz CT molecular complexity index is 1550. The molecule has 0 bridgehead atoms. The van der Waals surface area contributed by atoms with E-state index < -0.39 is 32.1 Å². The van der Waals surface area contributed by atoms with Crippen molar-refractivity contribution < 1.29 is 17.2 Å². The highest BCUT2D eigenvalue weighted by molar-refractivity contribution is 7.91. The van der Waals surface area contributed by atoms with E-state index in [2.05, 4.69) is 4.98 Å². The molecule has 0 aliphatic rings. The average molecular weight is 570 g/mol. The largest absolute Gasteiger partial charge is 0.299 e. The van der Waals surface area contributed by atoms with Gasteiger partial charge in [-0.3, -0.25) is 4.57 Å². The molecule has 188 valence electrons. The van der Waals surface area contributed by atoms with E-state index in [1.807, 2.05) is 19.9 Å². The van der Waals surface area contributed by atoms with Crippen LogP contribution in [0.1, 0.15) is 43.1 Å². The van der Waals surface area contributed by atoms with Crippen molar-refractivity contribution in [1.29, 1.82) is 0 Å². The Morgan fingerprint density at radius 3 is 2.11 bits per heavy atom. The van der Waals surface area contributed by atoms with Crippen molar-refractivity contribution in [2.45, 2.75) is 36.3 Å². The lowest BCUT2D eigenvalue weighted by Crippen LogP contribution is -2.25. The summed E-state index contributed by atoms with van der Waals surface area (Å²) >= 11 is 18.5. The molecule has 0 radical (unpaired) electrons. The number of nitrogens with zero attached hydrogens (tertiary/aromatic N) is 2. The Kier molecular flexibility index (Phi) is 7.23. The van der Waals surface area contributed by atoms with Gasteiger partial charge < -0.3 is 0 Å². The summed E-state index contributed by atoms with van der Waals surface area (Å²) in [6.45, 7) is 5.35. The molecule has 0 saturated heterocycles. The molecule has 0 aliphatic carbocycles. The first-order valence-electron chi connectivity index (χ1n) is 10.8. The lowest BCUT2D eigenvalue weighted by Gasteiger charge is -2.28. The molecule has 0 saturated carbocycles. The van der Waals surface area contributed by atoms with Crippen molar-refractivity contribution in [2.75, 3.05) is 0 Å². The Labute approximate surface area is 223 Å². The number of hydrogen-bond acceptors (Lipinski definition) is 3. The zero-order valence-corrected chi connectivity index (χ0v) is 22.5. The van der Waals surface area contributed by atoms with Crippen LogP contribution < -0.4 is 0 Å². The molecular weight excluding hydrogens is 549 g/mol. The number of sulfone groups is 1. The summed E-state index contributed by atoms with van der Waals surface area (Å²) in [5.41, 5.74) is 1.24. The van der Waals surface area contributed by atoms with E-state index in [0.717, 1.165) is 23.8 Å². The van der Waals surface area contributed by atoms with E-state index in [9.17, 15) is 17.2 Å². The standard InChI is InChI=1S/C26H21Cl3F2N2O2S/c1-15(36(34,35)23-11-7-18(31)13-22(23)29)25-32-14-24(33(25)19-8-5-17(30)6-9-19)26(2,3)16-4-10-20(27)21(28)12-16/h4-15H,1-3H3. The molecule has 0 fully saturated rings. The Morgan fingerprint density at radius 1 is 0.861 bits per heavy atom. The van der Waals surface area contributed by atoms with Crippen LogP contribution in [0.25, 0.3) is 5.69 Å². The molecule has 4 rings (SSSR count). The van der Waals surface area contributed by atoms with Gasteiger partial charge in [-0.25, -0.2) is 22.2 Å². The molecular formula is C26H21Cl3F2N2O2S. The van der Waals surface area contributed by atoms with Gasteiger partial charge in [0.25, 0.3) is 0 Å². The summed E-state index contributed by atoms with van der Waals surface area (Å²) < 4.78 is 56.2. The predicted molar refractivity (Wildman–Crippen MR) is 139 cm³/mol. The minimum atomic E-state index is -4.08. The summed E-state index contributed by atoms with van der Waals surface area (Å²) in [6.07, 6.45) is 1.58. The second kappa shape index (κ2) is 9.78. The number of aromatic nitrogens is 2. The van der Waals surface area contributed by atoms with Gasteiger partial charge in [0.15, 0.2) is 9.84 Å². The van der Waals surface area contributed by atoms with E-state index >= 15 is 0 Å². The molecule has 1 atom stereocenters. The summed E-state index contributed by atoms with van der Waals surface area (Å²) in [5, 5.41) is -0.626. The molecule has 1 heterocycles. The van der Waals surface area contributed by atoms with Crippen LogP contribution in [0.15, 0.2) is 71.8 Å². The Hall–Kier alpha value is -2.45. The topological polar surface area (TPSA) is 52.0 Å². The number of imidazole rings is 1. The van der Waals surface area contributed by atoms with E-state index in [1.165, 1.54) is 19.1 Å². The maximum absolute atomic E-state index is 13.8. The lowest BCUT2D eigenvalue weighted by atomic mass is 9.81. The third-order valence-corrected chi connectivity index (χ3v) is 9.46.